The largest absolute Gasteiger partial charge is 0.455 e. The quantitative estimate of drug-likeness (QED) is 0.156. The van der Waals surface area contributed by atoms with Gasteiger partial charge in [-0.3, -0.25) is 0 Å². The van der Waals surface area contributed by atoms with E-state index in [1.54, 1.807) is 0 Å². The molecule has 11 aromatic carbocycles. The molecule has 0 fully saturated rings. The Kier molecular flexibility index (Phi) is 7.91. The summed E-state index contributed by atoms with van der Waals surface area (Å²) in [7, 11) is 0. The molecule has 0 saturated carbocycles. The molecule has 63 heavy (non-hydrogen) atoms. The highest BCUT2D eigenvalue weighted by Gasteiger charge is 2.19. The van der Waals surface area contributed by atoms with E-state index in [9.17, 15) is 0 Å². The molecule has 0 spiro atoms. The lowest BCUT2D eigenvalue weighted by atomic mass is 9.97. The van der Waals surface area contributed by atoms with Crippen molar-refractivity contribution < 1.29 is 4.42 Å². The second-order valence-electron chi connectivity index (χ2n) is 16.5. The standard InChI is InChI=1S/C60H38N2O/c1-3-18-49-40(12-1)26-27-42-30-34-48(38-55(42)49)61(46-16-10-15-44(37-46)50-22-11-25-58-59(50)54-35-31-41-13-2-4-19-51(41)60(54)63-58)45-32-28-39(29-33-45)43-14-9-17-47(36-43)62-56-23-7-5-20-52(56)53-21-6-8-24-57(53)62/h1-38H. The van der Waals surface area contributed by atoms with Gasteiger partial charge in [-0.05, 0) is 122 Å². The molecule has 0 unspecified atom stereocenters. The minimum atomic E-state index is 0.889. The number of furan rings is 1. The lowest BCUT2D eigenvalue weighted by Gasteiger charge is -2.27. The van der Waals surface area contributed by atoms with Gasteiger partial charge in [-0.2, -0.15) is 0 Å². The van der Waals surface area contributed by atoms with Crippen LogP contribution in [0.2, 0.25) is 0 Å². The van der Waals surface area contributed by atoms with E-state index < -0.39 is 0 Å². The van der Waals surface area contributed by atoms with Crippen LogP contribution in [0.4, 0.5) is 17.1 Å². The number of fused-ring (bicyclic) bond motifs is 11. The Morgan fingerprint density at radius 3 is 1.71 bits per heavy atom. The normalized spacial score (nSPS) is 11.8. The van der Waals surface area contributed by atoms with Gasteiger partial charge < -0.3 is 13.9 Å². The molecular formula is C60H38N2O. The van der Waals surface area contributed by atoms with E-state index in [4.69, 9.17) is 4.42 Å². The van der Waals surface area contributed by atoms with Gasteiger partial charge in [0.2, 0.25) is 0 Å². The molecule has 13 rings (SSSR count). The number of benzene rings is 11. The summed E-state index contributed by atoms with van der Waals surface area (Å²) in [5.41, 5.74) is 13.2. The zero-order chi connectivity index (χ0) is 41.4. The first-order chi connectivity index (χ1) is 31.2. The van der Waals surface area contributed by atoms with Crippen molar-refractivity contribution in [1.82, 2.24) is 4.57 Å². The van der Waals surface area contributed by atoms with Gasteiger partial charge in [0.25, 0.3) is 0 Å². The summed E-state index contributed by atoms with van der Waals surface area (Å²) < 4.78 is 9.01. The van der Waals surface area contributed by atoms with E-state index >= 15 is 0 Å². The highest BCUT2D eigenvalue weighted by molar-refractivity contribution is 6.19. The maximum atomic E-state index is 6.62. The third-order valence-corrected chi connectivity index (χ3v) is 12.9. The lowest BCUT2D eigenvalue weighted by Crippen LogP contribution is -2.10. The number of anilines is 3. The van der Waals surface area contributed by atoms with Gasteiger partial charge in [0, 0.05) is 49.7 Å². The third kappa shape index (κ3) is 5.67. The van der Waals surface area contributed by atoms with Crippen LogP contribution in [0.3, 0.4) is 0 Å². The predicted molar refractivity (Wildman–Crippen MR) is 266 cm³/mol. The molecule has 0 aliphatic heterocycles. The van der Waals surface area contributed by atoms with E-state index in [1.165, 1.54) is 54.3 Å². The predicted octanol–water partition coefficient (Wildman–Crippen LogP) is 16.9. The summed E-state index contributed by atoms with van der Waals surface area (Å²) in [6.07, 6.45) is 0. The maximum absolute atomic E-state index is 6.62. The fraction of sp³-hybridized carbons (Fsp3) is 0. The van der Waals surface area contributed by atoms with Gasteiger partial charge in [-0.15, -0.1) is 0 Å². The van der Waals surface area contributed by atoms with Crippen molar-refractivity contribution in [2.45, 2.75) is 0 Å². The van der Waals surface area contributed by atoms with E-state index in [1.807, 2.05) is 0 Å². The zero-order valence-corrected chi connectivity index (χ0v) is 34.2. The van der Waals surface area contributed by atoms with Crippen molar-refractivity contribution in [2.24, 2.45) is 0 Å². The molecular weight excluding hydrogens is 765 g/mol. The van der Waals surface area contributed by atoms with Gasteiger partial charge in [-0.25, -0.2) is 0 Å². The molecule has 0 aliphatic carbocycles. The van der Waals surface area contributed by atoms with Crippen LogP contribution in [-0.2, 0) is 0 Å². The number of rotatable bonds is 6. The van der Waals surface area contributed by atoms with E-state index in [0.29, 0.717) is 0 Å². The van der Waals surface area contributed by atoms with Crippen LogP contribution in [0.15, 0.2) is 235 Å². The van der Waals surface area contributed by atoms with Gasteiger partial charge in [-0.1, -0.05) is 158 Å². The summed E-state index contributed by atoms with van der Waals surface area (Å²) in [6, 6.07) is 83.5. The average molecular weight is 803 g/mol. The van der Waals surface area contributed by atoms with Crippen LogP contribution in [0.25, 0.3) is 104 Å². The van der Waals surface area contributed by atoms with Crippen LogP contribution in [0.5, 0.6) is 0 Å². The minimum Gasteiger partial charge on any atom is -0.455 e. The van der Waals surface area contributed by atoms with Crippen LogP contribution < -0.4 is 4.90 Å². The SMILES string of the molecule is c1cc(-c2cccc3oc4c5ccccc5ccc4c23)cc(N(c2ccc(-c3cccc(-n4c5ccccc5c5ccccc54)c3)cc2)c2ccc3ccc4ccccc4c3c2)c1. The zero-order valence-electron chi connectivity index (χ0n) is 34.2. The van der Waals surface area contributed by atoms with E-state index in [0.717, 1.165) is 66.8 Å². The van der Waals surface area contributed by atoms with Gasteiger partial charge in [0.1, 0.15) is 11.2 Å². The Morgan fingerprint density at radius 2 is 0.921 bits per heavy atom. The molecule has 3 heteroatoms. The van der Waals surface area contributed by atoms with Crippen molar-refractivity contribution in [2.75, 3.05) is 4.90 Å². The first kappa shape index (κ1) is 35.4. The monoisotopic (exact) mass is 802 g/mol. The molecule has 0 radical (unpaired) electrons. The molecule has 0 amide bonds. The first-order valence-corrected chi connectivity index (χ1v) is 21.6. The Bertz CT molecular complexity index is 3870. The number of aromatic nitrogens is 1. The topological polar surface area (TPSA) is 21.3 Å². The minimum absolute atomic E-state index is 0.889. The molecule has 13 aromatic rings. The van der Waals surface area contributed by atoms with Crippen LogP contribution >= 0.6 is 0 Å². The van der Waals surface area contributed by atoms with Crippen molar-refractivity contribution in [1.29, 1.82) is 0 Å². The summed E-state index contributed by atoms with van der Waals surface area (Å²) >= 11 is 0. The van der Waals surface area contributed by atoms with E-state index in [2.05, 4.69) is 240 Å². The molecule has 0 N–H and O–H groups in total. The molecule has 0 aliphatic rings. The smallest absolute Gasteiger partial charge is 0.143 e. The van der Waals surface area contributed by atoms with Crippen LogP contribution in [0, 0.1) is 0 Å². The van der Waals surface area contributed by atoms with Crippen molar-refractivity contribution in [3.63, 3.8) is 0 Å². The van der Waals surface area contributed by atoms with Gasteiger partial charge in [0.05, 0.1) is 11.0 Å². The van der Waals surface area contributed by atoms with Crippen LogP contribution in [-0.4, -0.2) is 4.57 Å². The summed E-state index contributed by atoms with van der Waals surface area (Å²) in [6.45, 7) is 0. The Balaban J connectivity index is 0.954. The average Bonchev–Trinajstić information content (AvgIpc) is 3.91. The van der Waals surface area contributed by atoms with Crippen molar-refractivity contribution in [3.8, 4) is 27.9 Å². The molecule has 0 atom stereocenters. The fourth-order valence-corrected chi connectivity index (χ4v) is 10.0. The number of hydrogen-bond acceptors (Lipinski definition) is 2. The molecule has 2 aromatic heterocycles. The second-order valence-corrected chi connectivity index (χ2v) is 16.5. The Hall–Kier alpha value is -8.40. The molecule has 294 valence electrons. The van der Waals surface area contributed by atoms with Crippen molar-refractivity contribution in [3.05, 3.63) is 231 Å². The number of hydrogen-bond donors (Lipinski definition) is 0. The Labute approximate surface area is 363 Å². The fourth-order valence-electron chi connectivity index (χ4n) is 10.0. The maximum Gasteiger partial charge on any atom is 0.143 e. The van der Waals surface area contributed by atoms with E-state index in [-0.39, 0.29) is 0 Å². The first-order valence-electron chi connectivity index (χ1n) is 21.6. The third-order valence-electron chi connectivity index (χ3n) is 12.9. The number of para-hydroxylation sites is 2. The molecule has 3 nitrogen and oxygen atoms in total. The lowest BCUT2D eigenvalue weighted by molar-refractivity contribution is 0.673. The highest BCUT2D eigenvalue weighted by Crippen LogP contribution is 2.43. The van der Waals surface area contributed by atoms with Gasteiger partial charge >= 0.3 is 0 Å². The van der Waals surface area contributed by atoms with Crippen molar-refractivity contribution >= 4 is 93.1 Å². The Morgan fingerprint density at radius 1 is 0.333 bits per heavy atom. The molecule has 2 heterocycles. The second kappa shape index (κ2) is 14.1. The summed E-state index contributed by atoms with van der Waals surface area (Å²) in [5.74, 6) is 0. The highest BCUT2D eigenvalue weighted by atomic mass is 16.3. The molecule has 0 bridgehead atoms. The van der Waals surface area contributed by atoms with Crippen LogP contribution in [0.1, 0.15) is 0 Å². The summed E-state index contributed by atoms with van der Waals surface area (Å²) in [4.78, 5) is 2.39. The summed E-state index contributed by atoms with van der Waals surface area (Å²) in [5, 5.41) is 12.0. The van der Waals surface area contributed by atoms with Gasteiger partial charge in [0.15, 0.2) is 0 Å². The molecule has 0 saturated heterocycles. The number of nitrogens with zero attached hydrogens (tertiary/aromatic N) is 2.